The molecule has 5 rings (SSSR count). The topological polar surface area (TPSA) is 78.9 Å². The molecule has 6 nitrogen and oxygen atoms in total. The van der Waals surface area contributed by atoms with Crippen LogP contribution < -0.4 is 5.73 Å². The van der Waals surface area contributed by atoms with Gasteiger partial charge >= 0.3 is 0 Å². The van der Waals surface area contributed by atoms with Gasteiger partial charge in [0.25, 0.3) is 0 Å². The standard InChI is InChI=1S/C26H21N5O/c1-17(32-2)18-10-12-20(13-11-18)31-25(21-9-6-16-28-24(21)27)30-23-15-14-22(29-26(23)31)19-7-4-3-5-8-19/h3-16H,1H2,2H3,(H2,27,28). The number of nitrogen functional groups attached to an aromatic ring is 1. The maximum atomic E-state index is 6.21. The predicted octanol–water partition coefficient (Wildman–Crippen LogP) is 5.35. The quantitative estimate of drug-likeness (QED) is 0.389. The van der Waals surface area contributed by atoms with Gasteiger partial charge in [-0.2, -0.15) is 0 Å². The van der Waals surface area contributed by atoms with E-state index >= 15 is 0 Å². The van der Waals surface area contributed by atoms with Crippen molar-refractivity contribution in [1.82, 2.24) is 19.5 Å². The van der Waals surface area contributed by atoms with Crippen molar-refractivity contribution in [2.24, 2.45) is 0 Å². The second kappa shape index (κ2) is 8.00. The Kier molecular flexibility index (Phi) is 4.88. The molecule has 0 aliphatic carbocycles. The van der Waals surface area contributed by atoms with Crippen LogP contribution in [0.4, 0.5) is 5.82 Å². The van der Waals surface area contributed by atoms with Crippen molar-refractivity contribution in [3.63, 3.8) is 0 Å². The molecule has 0 aliphatic heterocycles. The number of ether oxygens (including phenoxy) is 1. The van der Waals surface area contributed by atoms with Crippen LogP contribution in [0.1, 0.15) is 5.56 Å². The van der Waals surface area contributed by atoms with Gasteiger partial charge in [0.05, 0.1) is 18.4 Å². The van der Waals surface area contributed by atoms with Crippen LogP contribution in [0.3, 0.4) is 0 Å². The highest BCUT2D eigenvalue weighted by Crippen LogP contribution is 2.32. The largest absolute Gasteiger partial charge is 0.497 e. The lowest BCUT2D eigenvalue weighted by atomic mass is 10.1. The lowest BCUT2D eigenvalue weighted by Gasteiger charge is -2.12. The summed E-state index contributed by atoms with van der Waals surface area (Å²) in [6.07, 6.45) is 1.67. The Labute approximate surface area is 185 Å². The second-order valence-corrected chi connectivity index (χ2v) is 7.29. The number of nitrogens with two attached hydrogens (primary N) is 1. The number of fused-ring (bicyclic) bond motifs is 1. The summed E-state index contributed by atoms with van der Waals surface area (Å²) in [5.41, 5.74) is 12.2. The van der Waals surface area contributed by atoms with Crippen LogP contribution in [0.25, 0.3) is 45.3 Å². The van der Waals surface area contributed by atoms with E-state index in [1.54, 1.807) is 13.3 Å². The molecular formula is C26H21N5O. The van der Waals surface area contributed by atoms with E-state index < -0.39 is 0 Å². The lowest BCUT2D eigenvalue weighted by molar-refractivity contribution is 0.371. The van der Waals surface area contributed by atoms with Crippen LogP contribution in [0, 0.1) is 0 Å². The molecule has 3 heterocycles. The van der Waals surface area contributed by atoms with Gasteiger partial charge in [-0.25, -0.2) is 15.0 Å². The van der Waals surface area contributed by atoms with E-state index in [1.807, 2.05) is 83.4 Å². The fraction of sp³-hybridized carbons (Fsp3) is 0.0385. The Morgan fingerprint density at radius 3 is 2.41 bits per heavy atom. The van der Waals surface area contributed by atoms with E-state index in [-0.39, 0.29) is 0 Å². The zero-order valence-corrected chi connectivity index (χ0v) is 17.6. The lowest BCUT2D eigenvalue weighted by Crippen LogP contribution is -2.02. The summed E-state index contributed by atoms with van der Waals surface area (Å²) in [4.78, 5) is 14.1. The molecule has 0 aliphatic rings. The molecule has 3 aromatic heterocycles. The molecule has 32 heavy (non-hydrogen) atoms. The summed E-state index contributed by atoms with van der Waals surface area (Å²) in [6, 6.07) is 25.7. The van der Waals surface area contributed by atoms with Crippen LogP contribution >= 0.6 is 0 Å². The number of pyridine rings is 2. The summed E-state index contributed by atoms with van der Waals surface area (Å²) in [6.45, 7) is 3.93. The molecule has 2 N–H and O–H groups in total. The van der Waals surface area contributed by atoms with Gasteiger partial charge in [0.2, 0.25) is 0 Å². The Hall–Kier alpha value is -4.45. The smallest absolute Gasteiger partial charge is 0.165 e. The van der Waals surface area contributed by atoms with Gasteiger partial charge in [-0.3, -0.25) is 4.57 Å². The van der Waals surface area contributed by atoms with Gasteiger partial charge in [-0.1, -0.05) is 36.9 Å². The third-order valence-electron chi connectivity index (χ3n) is 5.35. The summed E-state index contributed by atoms with van der Waals surface area (Å²) < 4.78 is 7.27. The summed E-state index contributed by atoms with van der Waals surface area (Å²) >= 11 is 0. The first-order chi connectivity index (χ1) is 15.7. The molecule has 6 heteroatoms. The molecule has 0 unspecified atom stereocenters. The van der Waals surface area contributed by atoms with E-state index in [0.717, 1.165) is 39.2 Å². The number of rotatable bonds is 5. The SMILES string of the molecule is C=C(OC)c1ccc(-n2c(-c3cccnc3N)nc3ccc(-c4ccccc4)nc32)cc1. The van der Waals surface area contributed by atoms with Crippen molar-refractivity contribution in [2.75, 3.05) is 12.8 Å². The highest BCUT2D eigenvalue weighted by Gasteiger charge is 2.18. The molecule has 0 fully saturated rings. The van der Waals surface area contributed by atoms with Gasteiger partial charge < -0.3 is 10.5 Å². The maximum absolute atomic E-state index is 6.21. The molecular weight excluding hydrogens is 398 g/mol. The molecule has 0 spiro atoms. The normalized spacial score (nSPS) is 10.9. The van der Waals surface area contributed by atoms with Crippen molar-refractivity contribution >= 4 is 22.7 Å². The minimum atomic E-state index is 0.414. The van der Waals surface area contributed by atoms with Crippen molar-refractivity contribution in [1.29, 1.82) is 0 Å². The molecule has 5 aromatic rings. The first-order valence-electron chi connectivity index (χ1n) is 10.1. The number of anilines is 1. The number of aromatic nitrogens is 4. The first kappa shape index (κ1) is 19.5. The number of nitrogens with zero attached hydrogens (tertiary/aromatic N) is 4. The summed E-state index contributed by atoms with van der Waals surface area (Å²) in [5, 5.41) is 0. The zero-order valence-electron chi connectivity index (χ0n) is 17.6. The molecule has 0 bridgehead atoms. The average molecular weight is 419 g/mol. The van der Waals surface area contributed by atoms with Gasteiger partial charge in [0, 0.05) is 23.0 Å². The Morgan fingerprint density at radius 1 is 0.906 bits per heavy atom. The van der Waals surface area contributed by atoms with Gasteiger partial charge in [-0.15, -0.1) is 0 Å². The monoisotopic (exact) mass is 419 g/mol. The van der Waals surface area contributed by atoms with Crippen molar-refractivity contribution in [3.05, 3.63) is 97.2 Å². The third-order valence-corrected chi connectivity index (χ3v) is 5.35. The Bertz CT molecular complexity index is 1420. The van der Waals surface area contributed by atoms with Gasteiger partial charge in [-0.05, 0) is 48.5 Å². The van der Waals surface area contributed by atoms with E-state index in [1.165, 1.54) is 0 Å². The highest BCUT2D eigenvalue weighted by molar-refractivity contribution is 5.84. The zero-order chi connectivity index (χ0) is 22.1. The number of hydrogen-bond donors (Lipinski definition) is 1. The Morgan fingerprint density at radius 2 is 1.69 bits per heavy atom. The second-order valence-electron chi connectivity index (χ2n) is 7.29. The minimum absolute atomic E-state index is 0.414. The minimum Gasteiger partial charge on any atom is -0.497 e. The summed E-state index contributed by atoms with van der Waals surface area (Å²) in [7, 11) is 1.61. The van der Waals surface area contributed by atoms with E-state index in [9.17, 15) is 0 Å². The van der Waals surface area contributed by atoms with Crippen molar-refractivity contribution in [2.45, 2.75) is 0 Å². The van der Waals surface area contributed by atoms with Crippen molar-refractivity contribution < 1.29 is 4.74 Å². The van der Waals surface area contributed by atoms with Crippen molar-refractivity contribution in [3.8, 4) is 28.3 Å². The van der Waals surface area contributed by atoms with E-state index in [0.29, 0.717) is 17.4 Å². The fourth-order valence-electron chi connectivity index (χ4n) is 3.67. The molecule has 0 amide bonds. The number of methoxy groups -OCH3 is 1. The molecule has 0 saturated heterocycles. The van der Waals surface area contributed by atoms with Crippen LogP contribution in [0.2, 0.25) is 0 Å². The fourth-order valence-corrected chi connectivity index (χ4v) is 3.67. The highest BCUT2D eigenvalue weighted by atomic mass is 16.5. The number of imidazole rings is 1. The third kappa shape index (κ3) is 3.37. The predicted molar refractivity (Wildman–Crippen MR) is 128 cm³/mol. The van der Waals surface area contributed by atoms with Gasteiger partial charge in [0.15, 0.2) is 11.5 Å². The molecule has 156 valence electrons. The van der Waals surface area contributed by atoms with E-state index in [4.69, 9.17) is 20.4 Å². The van der Waals surface area contributed by atoms with Crippen LogP contribution in [-0.4, -0.2) is 26.6 Å². The molecule has 0 radical (unpaired) electrons. The van der Waals surface area contributed by atoms with E-state index in [2.05, 4.69) is 11.6 Å². The molecule has 2 aromatic carbocycles. The van der Waals surface area contributed by atoms with Crippen LogP contribution in [0.15, 0.2) is 91.6 Å². The maximum Gasteiger partial charge on any atom is 0.165 e. The number of benzene rings is 2. The molecule has 0 saturated carbocycles. The Balaban J connectivity index is 1.76. The first-order valence-corrected chi connectivity index (χ1v) is 10.1. The van der Waals surface area contributed by atoms with Gasteiger partial charge in [0.1, 0.15) is 17.1 Å². The number of hydrogen-bond acceptors (Lipinski definition) is 5. The summed E-state index contributed by atoms with van der Waals surface area (Å²) in [5.74, 6) is 1.70. The average Bonchev–Trinajstić information content (AvgIpc) is 3.23. The van der Waals surface area contributed by atoms with Crippen LogP contribution in [-0.2, 0) is 4.74 Å². The molecule has 0 atom stereocenters. The van der Waals surface area contributed by atoms with Crippen LogP contribution in [0.5, 0.6) is 0 Å².